The molecule has 0 unspecified atom stereocenters. The van der Waals surface area contributed by atoms with Crippen LogP contribution in [0.25, 0.3) is 0 Å². The predicted molar refractivity (Wildman–Crippen MR) is 113 cm³/mol. The zero-order valence-corrected chi connectivity index (χ0v) is 16.9. The third-order valence-corrected chi connectivity index (χ3v) is 4.59. The number of hydrazone groups is 1. The lowest BCUT2D eigenvalue weighted by molar-refractivity contribution is 0.230. The predicted octanol–water partition coefficient (Wildman–Crippen LogP) is 1.79. The molecule has 1 fully saturated rings. The topological polar surface area (TPSA) is 88.5 Å². The Hall–Kier alpha value is -2.78. The smallest absolute Gasteiger partial charge is 0.184 e. The summed E-state index contributed by atoms with van der Waals surface area (Å²) < 4.78 is 16.5. The fourth-order valence-electron chi connectivity index (χ4n) is 3.07. The number of hydrogen-bond donors (Lipinski definition) is 2. The van der Waals surface area contributed by atoms with E-state index < -0.39 is 0 Å². The average molecular weight is 404 g/mol. The van der Waals surface area contributed by atoms with Crippen molar-refractivity contribution >= 4 is 29.2 Å². The number of methoxy groups -OCH3 is 2. The van der Waals surface area contributed by atoms with Gasteiger partial charge in [0.2, 0.25) is 0 Å². The first-order valence-corrected chi connectivity index (χ1v) is 9.36. The number of ether oxygens (including phenoxy) is 2. The summed E-state index contributed by atoms with van der Waals surface area (Å²) in [6, 6.07) is 9.79. The first-order valence-electron chi connectivity index (χ1n) is 8.95. The van der Waals surface area contributed by atoms with Crippen LogP contribution in [0.4, 0.5) is 5.69 Å². The van der Waals surface area contributed by atoms with E-state index in [2.05, 4.69) is 20.3 Å². The molecular formula is C19H25N5O3S. The molecule has 150 valence electrons. The van der Waals surface area contributed by atoms with Crippen molar-refractivity contribution in [3.05, 3.63) is 41.9 Å². The van der Waals surface area contributed by atoms with E-state index in [1.165, 1.54) is 0 Å². The number of furan rings is 1. The highest BCUT2D eigenvalue weighted by molar-refractivity contribution is 7.80. The summed E-state index contributed by atoms with van der Waals surface area (Å²) >= 11 is 4.69. The van der Waals surface area contributed by atoms with Gasteiger partial charge in [0.25, 0.3) is 0 Å². The van der Waals surface area contributed by atoms with Crippen LogP contribution in [0.1, 0.15) is 11.5 Å². The Kier molecular flexibility index (Phi) is 6.72. The molecule has 2 aromatic rings. The molecule has 1 aromatic carbocycles. The maximum absolute atomic E-state index is 5.78. The van der Waals surface area contributed by atoms with Gasteiger partial charge in [-0.05, 0) is 24.4 Å². The number of piperazine rings is 1. The molecule has 0 radical (unpaired) electrons. The summed E-state index contributed by atoms with van der Waals surface area (Å²) in [7, 11) is 3.33. The Morgan fingerprint density at radius 2 is 1.86 bits per heavy atom. The molecule has 0 atom stereocenters. The molecule has 0 aliphatic carbocycles. The quantitative estimate of drug-likeness (QED) is 0.411. The summed E-state index contributed by atoms with van der Waals surface area (Å²) in [6.45, 7) is 4.47. The molecule has 28 heavy (non-hydrogen) atoms. The van der Waals surface area contributed by atoms with Gasteiger partial charge in [0.1, 0.15) is 23.0 Å². The maximum Gasteiger partial charge on any atom is 0.184 e. The molecule has 0 bridgehead atoms. The fourth-order valence-corrected chi connectivity index (χ4v) is 3.12. The van der Waals surface area contributed by atoms with Crippen LogP contribution in [0.3, 0.4) is 0 Å². The van der Waals surface area contributed by atoms with Crippen molar-refractivity contribution in [2.45, 2.75) is 6.54 Å². The van der Waals surface area contributed by atoms with Gasteiger partial charge in [0.15, 0.2) is 5.11 Å². The Bertz CT molecular complexity index is 808. The van der Waals surface area contributed by atoms with Crippen molar-refractivity contribution in [2.75, 3.05) is 45.3 Å². The summed E-state index contributed by atoms with van der Waals surface area (Å²) in [5.41, 5.74) is 8.94. The van der Waals surface area contributed by atoms with Crippen LogP contribution in [-0.4, -0.2) is 56.6 Å². The standard InChI is InChI=1S/C19H25N5O3S/c1-25-17-9-14(10-18(11-17)26-2)24-7-5-23(6-8-24)13-16-4-3-15(27-16)12-21-22-19(20)28/h3-4,9-12H,5-8,13H2,1-2H3,(H3,20,22,28)/b21-12+. The molecule has 9 heteroatoms. The highest BCUT2D eigenvalue weighted by Crippen LogP contribution is 2.29. The van der Waals surface area contributed by atoms with E-state index in [9.17, 15) is 0 Å². The number of hydrogen-bond acceptors (Lipinski definition) is 7. The number of rotatable bonds is 7. The van der Waals surface area contributed by atoms with Gasteiger partial charge in [0, 0.05) is 50.1 Å². The lowest BCUT2D eigenvalue weighted by Crippen LogP contribution is -2.45. The Morgan fingerprint density at radius 1 is 1.18 bits per heavy atom. The summed E-state index contributed by atoms with van der Waals surface area (Å²) in [5.74, 6) is 3.15. The second-order valence-corrected chi connectivity index (χ2v) is 6.81. The van der Waals surface area contributed by atoms with Crippen molar-refractivity contribution in [1.29, 1.82) is 0 Å². The zero-order chi connectivity index (χ0) is 19.9. The van der Waals surface area contributed by atoms with Gasteiger partial charge in [-0.1, -0.05) is 0 Å². The van der Waals surface area contributed by atoms with Crippen molar-refractivity contribution in [3.63, 3.8) is 0 Å². The third kappa shape index (κ3) is 5.37. The number of anilines is 1. The number of thiocarbonyl (C=S) groups is 1. The van der Waals surface area contributed by atoms with Crippen LogP contribution in [0, 0.1) is 0 Å². The number of nitrogens with zero attached hydrogens (tertiary/aromatic N) is 3. The molecule has 3 rings (SSSR count). The van der Waals surface area contributed by atoms with E-state index in [4.69, 9.17) is 31.8 Å². The molecule has 0 saturated carbocycles. The van der Waals surface area contributed by atoms with E-state index in [1.807, 2.05) is 30.3 Å². The minimum atomic E-state index is 0.120. The second kappa shape index (κ2) is 9.43. The van der Waals surface area contributed by atoms with Crippen LogP contribution in [-0.2, 0) is 6.54 Å². The van der Waals surface area contributed by atoms with Crippen molar-refractivity contribution in [1.82, 2.24) is 10.3 Å². The Balaban J connectivity index is 1.54. The molecule has 3 N–H and O–H groups in total. The first kappa shape index (κ1) is 20.0. The van der Waals surface area contributed by atoms with Crippen molar-refractivity contribution in [2.24, 2.45) is 10.8 Å². The molecule has 1 aliphatic heterocycles. The molecule has 1 aliphatic rings. The van der Waals surface area contributed by atoms with Gasteiger partial charge in [-0.25, -0.2) is 0 Å². The molecular weight excluding hydrogens is 378 g/mol. The Morgan fingerprint density at radius 3 is 2.46 bits per heavy atom. The van der Waals surface area contributed by atoms with Gasteiger partial charge in [0.05, 0.1) is 27.0 Å². The van der Waals surface area contributed by atoms with Crippen LogP contribution >= 0.6 is 12.2 Å². The van der Waals surface area contributed by atoms with Gasteiger partial charge in [-0.2, -0.15) is 5.10 Å². The first-order chi connectivity index (χ1) is 13.6. The maximum atomic E-state index is 5.78. The largest absolute Gasteiger partial charge is 0.497 e. The number of benzene rings is 1. The summed E-state index contributed by atoms with van der Waals surface area (Å²) in [5, 5.41) is 4.02. The molecule has 1 saturated heterocycles. The van der Waals surface area contributed by atoms with Crippen LogP contribution in [0.15, 0.2) is 39.9 Å². The normalized spacial score (nSPS) is 15.0. The fraction of sp³-hybridized carbons (Fsp3) is 0.368. The molecule has 2 heterocycles. The molecule has 8 nitrogen and oxygen atoms in total. The SMILES string of the molecule is COc1cc(OC)cc(N2CCN(Cc3ccc(/C=N/NC(N)=S)o3)CC2)c1. The highest BCUT2D eigenvalue weighted by atomic mass is 32.1. The number of nitrogens with two attached hydrogens (primary N) is 1. The lowest BCUT2D eigenvalue weighted by atomic mass is 10.2. The minimum Gasteiger partial charge on any atom is -0.497 e. The summed E-state index contributed by atoms with van der Waals surface area (Å²) in [4.78, 5) is 4.70. The monoisotopic (exact) mass is 403 g/mol. The van der Waals surface area contributed by atoms with Crippen LogP contribution in [0.2, 0.25) is 0 Å². The Labute approximate surface area is 169 Å². The number of nitrogens with one attached hydrogen (secondary N) is 1. The van der Waals surface area contributed by atoms with Gasteiger partial charge >= 0.3 is 0 Å². The van der Waals surface area contributed by atoms with Gasteiger partial charge < -0.3 is 24.5 Å². The third-order valence-electron chi connectivity index (χ3n) is 4.50. The van der Waals surface area contributed by atoms with E-state index >= 15 is 0 Å². The van der Waals surface area contributed by atoms with Crippen molar-refractivity contribution < 1.29 is 13.9 Å². The van der Waals surface area contributed by atoms with E-state index in [-0.39, 0.29) is 5.11 Å². The van der Waals surface area contributed by atoms with Gasteiger partial charge in [-0.15, -0.1) is 0 Å². The second-order valence-electron chi connectivity index (χ2n) is 6.37. The van der Waals surface area contributed by atoms with E-state index in [0.29, 0.717) is 5.76 Å². The van der Waals surface area contributed by atoms with Crippen LogP contribution < -0.4 is 25.5 Å². The minimum absolute atomic E-state index is 0.120. The van der Waals surface area contributed by atoms with Crippen LogP contribution in [0.5, 0.6) is 11.5 Å². The summed E-state index contributed by atoms with van der Waals surface area (Å²) in [6.07, 6.45) is 1.55. The molecule has 0 amide bonds. The van der Waals surface area contributed by atoms with Gasteiger partial charge in [-0.3, -0.25) is 10.3 Å². The molecule has 0 spiro atoms. The van der Waals surface area contributed by atoms with E-state index in [0.717, 1.165) is 55.7 Å². The highest BCUT2D eigenvalue weighted by Gasteiger charge is 2.19. The average Bonchev–Trinajstić information content (AvgIpc) is 3.15. The molecule has 1 aromatic heterocycles. The zero-order valence-electron chi connectivity index (χ0n) is 16.1. The lowest BCUT2D eigenvalue weighted by Gasteiger charge is -2.35. The van der Waals surface area contributed by atoms with Crippen molar-refractivity contribution in [3.8, 4) is 11.5 Å². The van der Waals surface area contributed by atoms with E-state index in [1.54, 1.807) is 20.4 Å².